The van der Waals surface area contributed by atoms with Gasteiger partial charge in [0.25, 0.3) is 0 Å². The van der Waals surface area contributed by atoms with Crippen molar-refractivity contribution in [3.8, 4) is 0 Å². The average molecular weight is 310 g/mol. The summed E-state index contributed by atoms with van der Waals surface area (Å²) in [6, 6.07) is 8.36. The highest BCUT2D eigenvalue weighted by Crippen LogP contribution is 2.22. The van der Waals surface area contributed by atoms with E-state index in [2.05, 4.69) is 46.1 Å². The van der Waals surface area contributed by atoms with Gasteiger partial charge in [0.05, 0.1) is 0 Å². The van der Waals surface area contributed by atoms with Gasteiger partial charge >= 0.3 is 0 Å². The third kappa shape index (κ3) is 3.92. The van der Waals surface area contributed by atoms with Gasteiger partial charge in [-0.1, -0.05) is 34.5 Å². The standard InChI is InChI=1S/C15H20BrNO/c1-17(10-12-5-4-7-14(16)9-12)11-13-6-2-3-8-15(13)18/h4-5,7,9,13H,2-3,6,8,10-11H2,1H3. The Kier molecular flexibility index (Phi) is 4.95. The molecule has 0 amide bonds. The summed E-state index contributed by atoms with van der Waals surface area (Å²) < 4.78 is 1.11. The lowest BCUT2D eigenvalue weighted by atomic mass is 9.87. The maximum atomic E-state index is 11.8. The highest BCUT2D eigenvalue weighted by Gasteiger charge is 2.23. The van der Waals surface area contributed by atoms with Crippen LogP contribution in [0, 0.1) is 5.92 Å². The molecule has 1 aliphatic carbocycles. The normalized spacial score (nSPS) is 20.4. The van der Waals surface area contributed by atoms with E-state index in [1.165, 1.54) is 12.0 Å². The van der Waals surface area contributed by atoms with Crippen molar-refractivity contribution in [2.75, 3.05) is 13.6 Å². The van der Waals surface area contributed by atoms with Crippen molar-refractivity contribution in [3.63, 3.8) is 0 Å². The zero-order valence-electron chi connectivity index (χ0n) is 10.9. The Morgan fingerprint density at radius 1 is 1.39 bits per heavy atom. The topological polar surface area (TPSA) is 20.3 Å². The van der Waals surface area contributed by atoms with Crippen LogP contribution in [0.1, 0.15) is 31.2 Å². The number of carbonyl (C=O) groups is 1. The number of hydrogen-bond acceptors (Lipinski definition) is 2. The number of Topliss-reactive ketones (excluding diaryl/α,β-unsaturated/α-hetero) is 1. The van der Waals surface area contributed by atoms with Crippen LogP contribution in [0.2, 0.25) is 0 Å². The zero-order chi connectivity index (χ0) is 13.0. The predicted molar refractivity (Wildman–Crippen MR) is 77.4 cm³/mol. The van der Waals surface area contributed by atoms with E-state index in [9.17, 15) is 4.79 Å². The van der Waals surface area contributed by atoms with E-state index in [-0.39, 0.29) is 5.92 Å². The van der Waals surface area contributed by atoms with Crippen LogP contribution in [0.15, 0.2) is 28.7 Å². The monoisotopic (exact) mass is 309 g/mol. The van der Waals surface area contributed by atoms with Crippen LogP contribution < -0.4 is 0 Å². The second-order valence-electron chi connectivity index (χ2n) is 5.24. The third-order valence-corrected chi connectivity index (χ3v) is 4.05. The molecule has 1 fully saturated rings. The minimum absolute atomic E-state index is 0.260. The minimum Gasteiger partial charge on any atom is -0.301 e. The molecule has 0 aliphatic heterocycles. The molecule has 0 aromatic heterocycles. The highest BCUT2D eigenvalue weighted by atomic mass is 79.9. The van der Waals surface area contributed by atoms with Gasteiger partial charge < -0.3 is 4.90 Å². The third-order valence-electron chi connectivity index (χ3n) is 3.55. The fourth-order valence-electron chi connectivity index (χ4n) is 2.64. The lowest BCUT2D eigenvalue weighted by molar-refractivity contribution is -0.125. The Balaban J connectivity index is 1.88. The van der Waals surface area contributed by atoms with Crippen molar-refractivity contribution in [3.05, 3.63) is 34.3 Å². The van der Waals surface area contributed by atoms with Gasteiger partial charge in [0.1, 0.15) is 5.78 Å². The van der Waals surface area contributed by atoms with E-state index in [4.69, 9.17) is 0 Å². The molecule has 2 rings (SSSR count). The summed E-state index contributed by atoms with van der Waals surface area (Å²) in [6.07, 6.45) is 4.16. The van der Waals surface area contributed by atoms with Crippen molar-refractivity contribution in [1.29, 1.82) is 0 Å². The first-order valence-electron chi connectivity index (χ1n) is 6.61. The lowest BCUT2D eigenvalue weighted by Gasteiger charge is -2.26. The minimum atomic E-state index is 0.260. The van der Waals surface area contributed by atoms with Crippen molar-refractivity contribution in [2.45, 2.75) is 32.2 Å². The van der Waals surface area contributed by atoms with Gasteiger partial charge in [0.2, 0.25) is 0 Å². The van der Waals surface area contributed by atoms with Gasteiger partial charge in [-0.3, -0.25) is 4.79 Å². The molecule has 0 spiro atoms. The average Bonchev–Trinajstić information content (AvgIpc) is 2.32. The van der Waals surface area contributed by atoms with Crippen LogP contribution in [0.5, 0.6) is 0 Å². The number of nitrogens with zero attached hydrogens (tertiary/aromatic N) is 1. The first-order valence-corrected chi connectivity index (χ1v) is 7.40. The summed E-state index contributed by atoms with van der Waals surface area (Å²) in [5.74, 6) is 0.721. The zero-order valence-corrected chi connectivity index (χ0v) is 12.4. The second kappa shape index (κ2) is 6.48. The van der Waals surface area contributed by atoms with E-state index >= 15 is 0 Å². The Morgan fingerprint density at radius 3 is 2.94 bits per heavy atom. The first kappa shape index (κ1) is 13.8. The number of rotatable bonds is 4. The number of benzene rings is 1. The van der Waals surface area contributed by atoms with Crippen molar-refractivity contribution >= 4 is 21.7 Å². The highest BCUT2D eigenvalue weighted by molar-refractivity contribution is 9.10. The van der Waals surface area contributed by atoms with Crippen LogP contribution in [-0.4, -0.2) is 24.3 Å². The molecule has 98 valence electrons. The molecule has 1 aromatic rings. The maximum Gasteiger partial charge on any atom is 0.137 e. The molecular formula is C15H20BrNO. The molecule has 1 aromatic carbocycles. The Labute approximate surface area is 117 Å². The van der Waals surface area contributed by atoms with Crippen LogP contribution in [-0.2, 0) is 11.3 Å². The quantitative estimate of drug-likeness (QED) is 0.846. The molecule has 3 heteroatoms. The van der Waals surface area contributed by atoms with Crippen molar-refractivity contribution in [2.24, 2.45) is 5.92 Å². The van der Waals surface area contributed by atoms with Gasteiger partial charge in [-0.15, -0.1) is 0 Å². The number of ketones is 1. The second-order valence-corrected chi connectivity index (χ2v) is 6.15. The first-order chi connectivity index (χ1) is 8.65. The Bertz CT molecular complexity index is 419. The van der Waals surface area contributed by atoms with E-state index in [1.807, 2.05) is 6.07 Å². The molecule has 1 unspecified atom stereocenters. The van der Waals surface area contributed by atoms with Gasteiger partial charge in [0, 0.05) is 29.9 Å². The fraction of sp³-hybridized carbons (Fsp3) is 0.533. The number of carbonyl (C=O) groups excluding carboxylic acids is 1. The molecule has 0 bridgehead atoms. The largest absolute Gasteiger partial charge is 0.301 e. The summed E-state index contributed by atoms with van der Waals surface area (Å²) in [5.41, 5.74) is 1.29. The summed E-state index contributed by atoms with van der Waals surface area (Å²) in [4.78, 5) is 14.1. The van der Waals surface area contributed by atoms with Crippen molar-refractivity contribution in [1.82, 2.24) is 4.90 Å². The summed E-state index contributed by atoms with van der Waals surface area (Å²) in [6.45, 7) is 1.80. The molecule has 0 saturated heterocycles. The molecule has 0 radical (unpaired) electrons. The van der Waals surface area contributed by atoms with Crippen LogP contribution in [0.3, 0.4) is 0 Å². The summed E-state index contributed by atoms with van der Waals surface area (Å²) in [7, 11) is 2.10. The fourth-order valence-corrected chi connectivity index (χ4v) is 3.08. The Hall–Kier alpha value is -0.670. The van der Waals surface area contributed by atoms with Crippen LogP contribution in [0.4, 0.5) is 0 Å². The maximum absolute atomic E-state index is 11.8. The lowest BCUT2D eigenvalue weighted by Crippen LogP contribution is -2.32. The van der Waals surface area contributed by atoms with Gasteiger partial charge in [-0.05, 0) is 37.6 Å². The van der Waals surface area contributed by atoms with E-state index in [0.29, 0.717) is 5.78 Å². The molecule has 1 saturated carbocycles. The molecule has 1 atom stereocenters. The molecular weight excluding hydrogens is 290 g/mol. The number of halogens is 1. The van der Waals surface area contributed by atoms with Crippen molar-refractivity contribution < 1.29 is 4.79 Å². The number of hydrogen-bond donors (Lipinski definition) is 0. The smallest absolute Gasteiger partial charge is 0.137 e. The Morgan fingerprint density at radius 2 is 2.22 bits per heavy atom. The SMILES string of the molecule is CN(Cc1cccc(Br)c1)CC1CCCCC1=O. The van der Waals surface area contributed by atoms with Crippen LogP contribution >= 0.6 is 15.9 Å². The van der Waals surface area contributed by atoms with Gasteiger partial charge in [0.15, 0.2) is 0 Å². The molecule has 0 N–H and O–H groups in total. The summed E-state index contributed by atoms with van der Waals surface area (Å²) in [5, 5.41) is 0. The van der Waals surface area contributed by atoms with E-state index in [1.54, 1.807) is 0 Å². The molecule has 2 nitrogen and oxygen atoms in total. The predicted octanol–water partition coefficient (Wildman–Crippen LogP) is 3.64. The van der Waals surface area contributed by atoms with Crippen LogP contribution in [0.25, 0.3) is 0 Å². The van der Waals surface area contributed by atoms with E-state index < -0.39 is 0 Å². The van der Waals surface area contributed by atoms with Gasteiger partial charge in [-0.25, -0.2) is 0 Å². The molecule has 0 heterocycles. The summed E-state index contributed by atoms with van der Waals surface area (Å²) >= 11 is 3.49. The van der Waals surface area contributed by atoms with E-state index in [0.717, 1.165) is 36.8 Å². The molecule has 18 heavy (non-hydrogen) atoms. The molecule has 1 aliphatic rings. The van der Waals surface area contributed by atoms with Gasteiger partial charge in [-0.2, -0.15) is 0 Å².